The summed E-state index contributed by atoms with van der Waals surface area (Å²) in [5.41, 5.74) is 0.528. The summed E-state index contributed by atoms with van der Waals surface area (Å²) in [4.78, 5) is 2.74. The maximum Gasteiger partial charge on any atom is 0.0119 e. The molecule has 0 aromatic heterocycles. The van der Waals surface area contributed by atoms with E-state index in [1.54, 1.807) is 0 Å². The Morgan fingerprint density at radius 3 is 1.86 bits per heavy atom. The molecule has 0 aromatic rings. The highest BCUT2D eigenvalue weighted by atomic mass is 15.3. The molecule has 0 N–H and O–H groups in total. The summed E-state index contributed by atoms with van der Waals surface area (Å²) in [6.07, 6.45) is 4.36. The van der Waals surface area contributed by atoms with Gasteiger partial charge in [0.25, 0.3) is 0 Å². The van der Waals surface area contributed by atoms with Crippen LogP contribution in [0.3, 0.4) is 0 Å². The number of fused-ring (bicyclic) bond motifs is 2. The standard InChI is InChI=1S/C13H25N/c1-9(2)14-11-6-10(13(3,4)5)7-12(14)8-11/h9-12H,6-8H2,1-5H3. The summed E-state index contributed by atoms with van der Waals surface area (Å²) >= 11 is 0. The molecule has 2 bridgehead atoms. The topological polar surface area (TPSA) is 3.24 Å². The van der Waals surface area contributed by atoms with Crippen LogP contribution < -0.4 is 0 Å². The van der Waals surface area contributed by atoms with Crippen LogP contribution in [0.15, 0.2) is 0 Å². The summed E-state index contributed by atoms with van der Waals surface area (Å²) in [5.74, 6) is 0.959. The van der Waals surface area contributed by atoms with E-state index in [2.05, 4.69) is 39.5 Å². The molecule has 3 aliphatic rings. The van der Waals surface area contributed by atoms with E-state index in [9.17, 15) is 0 Å². The SMILES string of the molecule is CC(C)N1C2CC1CC(C(C)(C)C)C2. The lowest BCUT2D eigenvalue weighted by Gasteiger charge is -2.59. The second kappa shape index (κ2) is 3.23. The average molecular weight is 195 g/mol. The monoisotopic (exact) mass is 195 g/mol. The minimum Gasteiger partial charge on any atom is -0.295 e. The van der Waals surface area contributed by atoms with Crippen molar-refractivity contribution in [2.45, 2.75) is 72.0 Å². The molecule has 1 heteroatoms. The van der Waals surface area contributed by atoms with Crippen LogP contribution >= 0.6 is 0 Å². The Kier molecular flexibility index (Phi) is 2.42. The lowest BCUT2D eigenvalue weighted by atomic mass is 9.64. The second-order valence-corrected chi connectivity index (χ2v) is 6.62. The molecule has 3 fully saturated rings. The molecule has 0 radical (unpaired) electrons. The van der Waals surface area contributed by atoms with Gasteiger partial charge in [-0.2, -0.15) is 0 Å². The first-order chi connectivity index (χ1) is 6.39. The zero-order valence-electron chi connectivity index (χ0n) is 10.4. The normalized spacial score (nSPS) is 38.6. The van der Waals surface area contributed by atoms with Gasteiger partial charge in [0, 0.05) is 18.1 Å². The lowest BCUT2D eigenvalue weighted by Crippen LogP contribution is -2.64. The lowest BCUT2D eigenvalue weighted by molar-refractivity contribution is -0.0929. The van der Waals surface area contributed by atoms with Crippen molar-refractivity contribution in [3.8, 4) is 0 Å². The second-order valence-electron chi connectivity index (χ2n) is 6.62. The van der Waals surface area contributed by atoms with E-state index in [1.165, 1.54) is 19.3 Å². The quantitative estimate of drug-likeness (QED) is 0.620. The van der Waals surface area contributed by atoms with Gasteiger partial charge in [0.05, 0.1) is 0 Å². The molecule has 3 rings (SSSR count). The fourth-order valence-corrected chi connectivity index (χ4v) is 3.46. The van der Waals surface area contributed by atoms with Crippen LogP contribution in [-0.4, -0.2) is 23.0 Å². The van der Waals surface area contributed by atoms with Crippen LogP contribution in [0.1, 0.15) is 53.9 Å². The molecule has 1 aliphatic carbocycles. The van der Waals surface area contributed by atoms with Crippen molar-refractivity contribution in [2.24, 2.45) is 11.3 Å². The summed E-state index contributed by atoms with van der Waals surface area (Å²) < 4.78 is 0. The van der Waals surface area contributed by atoms with Crippen molar-refractivity contribution in [2.75, 3.05) is 0 Å². The van der Waals surface area contributed by atoms with E-state index in [0.717, 1.165) is 24.0 Å². The van der Waals surface area contributed by atoms with Gasteiger partial charge in [-0.1, -0.05) is 20.8 Å². The number of rotatable bonds is 1. The van der Waals surface area contributed by atoms with Crippen molar-refractivity contribution >= 4 is 0 Å². The third kappa shape index (κ3) is 1.60. The van der Waals surface area contributed by atoms with Gasteiger partial charge in [-0.25, -0.2) is 0 Å². The largest absolute Gasteiger partial charge is 0.295 e. The van der Waals surface area contributed by atoms with Crippen molar-refractivity contribution in [3.63, 3.8) is 0 Å². The molecule has 2 heterocycles. The molecule has 2 aliphatic heterocycles. The molecule has 2 atom stereocenters. The van der Waals surface area contributed by atoms with Gasteiger partial charge in [-0.15, -0.1) is 0 Å². The minimum atomic E-state index is 0.528. The highest BCUT2D eigenvalue weighted by Gasteiger charge is 2.48. The molecule has 0 aromatic carbocycles. The number of hydrogen-bond acceptors (Lipinski definition) is 1. The van der Waals surface area contributed by atoms with Crippen molar-refractivity contribution in [1.82, 2.24) is 4.90 Å². The Balaban J connectivity index is 1.98. The maximum absolute atomic E-state index is 2.74. The molecule has 2 saturated heterocycles. The molecule has 0 spiro atoms. The summed E-state index contributed by atoms with van der Waals surface area (Å²) in [7, 11) is 0. The molecule has 14 heavy (non-hydrogen) atoms. The Morgan fingerprint density at radius 2 is 1.50 bits per heavy atom. The van der Waals surface area contributed by atoms with Gasteiger partial charge < -0.3 is 0 Å². The van der Waals surface area contributed by atoms with Crippen LogP contribution in [0.5, 0.6) is 0 Å². The van der Waals surface area contributed by atoms with E-state index < -0.39 is 0 Å². The van der Waals surface area contributed by atoms with Crippen LogP contribution in [0.2, 0.25) is 0 Å². The zero-order chi connectivity index (χ0) is 10.5. The molecule has 82 valence electrons. The fourth-order valence-electron chi connectivity index (χ4n) is 3.46. The Labute approximate surface area is 88.9 Å². The molecule has 1 nitrogen and oxygen atoms in total. The van der Waals surface area contributed by atoms with Crippen LogP contribution in [0.4, 0.5) is 0 Å². The zero-order valence-corrected chi connectivity index (χ0v) is 10.4. The van der Waals surface area contributed by atoms with Crippen LogP contribution in [-0.2, 0) is 0 Å². The van der Waals surface area contributed by atoms with Crippen molar-refractivity contribution in [1.29, 1.82) is 0 Å². The molecule has 1 saturated carbocycles. The first-order valence-corrected chi connectivity index (χ1v) is 6.17. The summed E-state index contributed by atoms with van der Waals surface area (Å²) in [6.45, 7) is 11.9. The van der Waals surface area contributed by atoms with E-state index in [0.29, 0.717) is 5.41 Å². The van der Waals surface area contributed by atoms with Gasteiger partial charge in [-0.05, 0) is 44.4 Å². The molecule has 0 amide bonds. The Hall–Kier alpha value is -0.0400. The van der Waals surface area contributed by atoms with Crippen molar-refractivity contribution < 1.29 is 0 Å². The summed E-state index contributed by atoms with van der Waals surface area (Å²) in [6, 6.07) is 2.59. The highest BCUT2D eigenvalue weighted by molar-refractivity contribution is 5.02. The smallest absolute Gasteiger partial charge is 0.0119 e. The Morgan fingerprint density at radius 1 is 1.00 bits per heavy atom. The predicted octanol–water partition coefficient (Wildman–Crippen LogP) is 3.29. The number of piperidine rings is 1. The van der Waals surface area contributed by atoms with Gasteiger partial charge in [-0.3, -0.25) is 4.90 Å². The Bertz CT molecular complexity index is 202. The summed E-state index contributed by atoms with van der Waals surface area (Å²) in [5, 5.41) is 0. The van der Waals surface area contributed by atoms with Gasteiger partial charge in [0.2, 0.25) is 0 Å². The van der Waals surface area contributed by atoms with Crippen LogP contribution in [0, 0.1) is 11.3 Å². The minimum absolute atomic E-state index is 0.528. The van der Waals surface area contributed by atoms with Gasteiger partial charge >= 0.3 is 0 Å². The molecule has 2 unspecified atom stereocenters. The van der Waals surface area contributed by atoms with E-state index >= 15 is 0 Å². The first kappa shape index (κ1) is 10.5. The third-order valence-corrected chi connectivity index (χ3v) is 4.32. The highest BCUT2D eigenvalue weighted by Crippen LogP contribution is 2.48. The first-order valence-electron chi connectivity index (χ1n) is 6.17. The predicted molar refractivity (Wildman–Crippen MR) is 61.3 cm³/mol. The van der Waals surface area contributed by atoms with Crippen LogP contribution in [0.25, 0.3) is 0 Å². The van der Waals surface area contributed by atoms with E-state index in [1.807, 2.05) is 0 Å². The molecular weight excluding hydrogens is 170 g/mol. The third-order valence-electron chi connectivity index (χ3n) is 4.32. The van der Waals surface area contributed by atoms with Gasteiger partial charge in [0.15, 0.2) is 0 Å². The van der Waals surface area contributed by atoms with Gasteiger partial charge in [0.1, 0.15) is 0 Å². The van der Waals surface area contributed by atoms with Crippen molar-refractivity contribution in [3.05, 3.63) is 0 Å². The molecular formula is C13H25N. The van der Waals surface area contributed by atoms with E-state index in [4.69, 9.17) is 0 Å². The average Bonchev–Trinajstić information content (AvgIpc) is 2.01. The number of hydrogen-bond donors (Lipinski definition) is 0. The van der Waals surface area contributed by atoms with E-state index in [-0.39, 0.29) is 0 Å². The maximum atomic E-state index is 2.74. The fraction of sp³-hybridized carbons (Fsp3) is 1.00. The number of nitrogens with zero attached hydrogens (tertiary/aromatic N) is 1.